The Labute approximate surface area is 219 Å². The van der Waals surface area contributed by atoms with Crippen LogP contribution < -0.4 is 0 Å². The molecule has 0 aliphatic carbocycles. The van der Waals surface area contributed by atoms with E-state index in [-0.39, 0.29) is 23.1 Å². The molecular formula is C30H24O5V. The molecule has 0 saturated heterocycles. The molecule has 5 nitrogen and oxygen atoms in total. The van der Waals surface area contributed by atoms with Gasteiger partial charge < -0.3 is 10.2 Å². The van der Waals surface area contributed by atoms with Crippen LogP contribution in [0.15, 0.2) is 133 Å². The molecule has 36 heavy (non-hydrogen) atoms. The molecule has 0 aliphatic heterocycles. The third-order valence-corrected chi connectivity index (χ3v) is 4.79. The van der Waals surface area contributed by atoms with Crippen LogP contribution in [0.5, 0.6) is 0 Å². The third-order valence-electron chi connectivity index (χ3n) is 4.79. The first-order chi connectivity index (χ1) is 17.5. The Bertz CT molecular complexity index is 1180. The summed E-state index contributed by atoms with van der Waals surface area (Å²) in [7, 11) is 0. The van der Waals surface area contributed by atoms with Crippen LogP contribution in [0.3, 0.4) is 0 Å². The van der Waals surface area contributed by atoms with E-state index in [1.165, 1.54) is 12.2 Å². The predicted molar refractivity (Wildman–Crippen MR) is 136 cm³/mol. The van der Waals surface area contributed by atoms with E-state index in [9.17, 15) is 19.8 Å². The van der Waals surface area contributed by atoms with Crippen molar-refractivity contribution in [2.75, 3.05) is 0 Å². The van der Waals surface area contributed by atoms with Gasteiger partial charge in [0.25, 0.3) is 0 Å². The third kappa shape index (κ3) is 9.14. The molecule has 4 aromatic rings. The van der Waals surface area contributed by atoms with Crippen LogP contribution in [0.1, 0.15) is 31.8 Å². The number of carbonyl (C=O) groups is 2. The predicted octanol–water partition coefficient (Wildman–Crippen LogP) is 6.82. The SMILES string of the molecule is O=C(/C=C(\O)c1ccccc1)c1ccccc1.O=C(/C=C(\O)c1ccccc1)c1ccccc1.[O]=[V]. The molecule has 0 bridgehead atoms. The van der Waals surface area contributed by atoms with Crippen molar-refractivity contribution in [3.63, 3.8) is 0 Å². The molecule has 0 atom stereocenters. The van der Waals surface area contributed by atoms with E-state index in [0.717, 1.165) is 17.4 Å². The van der Waals surface area contributed by atoms with Crippen molar-refractivity contribution < 1.29 is 40.8 Å². The molecule has 6 heteroatoms. The van der Waals surface area contributed by atoms with Gasteiger partial charge >= 0.3 is 21.0 Å². The maximum absolute atomic E-state index is 11.8. The first-order valence-electron chi connectivity index (χ1n) is 10.8. The van der Waals surface area contributed by atoms with Gasteiger partial charge in [0.2, 0.25) is 0 Å². The quantitative estimate of drug-likeness (QED) is 0.167. The van der Waals surface area contributed by atoms with Gasteiger partial charge in [0, 0.05) is 34.4 Å². The Kier molecular flexibility index (Phi) is 12.1. The zero-order valence-electron chi connectivity index (χ0n) is 19.3. The van der Waals surface area contributed by atoms with Crippen LogP contribution in [0.25, 0.3) is 11.5 Å². The second kappa shape index (κ2) is 15.6. The Morgan fingerprint density at radius 3 is 0.917 bits per heavy atom. The molecule has 0 unspecified atom stereocenters. The summed E-state index contributed by atoms with van der Waals surface area (Å²) in [5, 5.41) is 19.6. The molecule has 4 aromatic carbocycles. The van der Waals surface area contributed by atoms with Crippen molar-refractivity contribution in [1.82, 2.24) is 0 Å². The fourth-order valence-corrected chi connectivity index (χ4v) is 3.00. The number of hydrogen-bond donors (Lipinski definition) is 2. The molecule has 0 saturated carbocycles. The molecule has 0 spiro atoms. The minimum atomic E-state index is -0.202. The summed E-state index contributed by atoms with van der Waals surface area (Å²) in [6.45, 7) is 0. The van der Waals surface area contributed by atoms with Gasteiger partial charge in [-0.05, 0) is 0 Å². The molecule has 0 fully saturated rings. The van der Waals surface area contributed by atoms with Gasteiger partial charge in [-0.25, -0.2) is 0 Å². The number of hydrogen-bond acceptors (Lipinski definition) is 5. The molecule has 4 rings (SSSR count). The van der Waals surface area contributed by atoms with Gasteiger partial charge in [0.15, 0.2) is 11.6 Å². The second-order valence-electron chi connectivity index (χ2n) is 7.25. The molecule has 0 heterocycles. The number of rotatable bonds is 6. The van der Waals surface area contributed by atoms with E-state index in [4.69, 9.17) is 3.67 Å². The molecule has 2 N–H and O–H groups in total. The van der Waals surface area contributed by atoms with Gasteiger partial charge in [-0.1, -0.05) is 121 Å². The average molecular weight is 515 g/mol. The van der Waals surface area contributed by atoms with Crippen molar-refractivity contribution in [3.8, 4) is 0 Å². The zero-order valence-corrected chi connectivity index (χ0v) is 20.7. The van der Waals surface area contributed by atoms with Crippen molar-refractivity contribution in [1.29, 1.82) is 0 Å². The summed E-state index contributed by atoms with van der Waals surface area (Å²) in [5.74, 6) is -0.433. The summed E-state index contributed by atoms with van der Waals surface area (Å²) < 4.78 is 8.19. The molecule has 0 radical (unpaired) electrons. The van der Waals surface area contributed by atoms with Gasteiger partial charge in [0.05, 0.1) is 0 Å². The number of carbonyl (C=O) groups excluding carboxylic acids is 2. The number of aliphatic hydroxyl groups is 2. The van der Waals surface area contributed by atoms with E-state index in [2.05, 4.69) is 0 Å². The number of allylic oxidation sites excluding steroid dienone is 2. The van der Waals surface area contributed by atoms with Crippen LogP contribution >= 0.6 is 0 Å². The first kappa shape index (κ1) is 27.9. The molecule has 0 amide bonds. The van der Waals surface area contributed by atoms with Crippen molar-refractivity contribution in [3.05, 3.63) is 156 Å². The van der Waals surface area contributed by atoms with Crippen LogP contribution in [0.4, 0.5) is 0 Å². The van der Waals surface area contributed by atoms with Gasteiger partial charge in [0.1, 0.15) is 11.5 Å². The fraction of sp³-hybridized carbons (Fsp3) is 0. The summed E-state index contributed by atoms with van der Waals surface area (Å²) in [6, 6.07) is 35.7. The van der Waals surface area contributed by atoms with E-state index >= 15 is 0 Å². The Hall–Kier alpha value is -4.32. The Balaban J connectivity index is 0.000000237. The molecular weight excluding hydrogens is 491 g/mol. The average Bonchev–Trinajstić information content (AvgIpc) is 2.96. The second-order valence-corrected chi connectivity index (χ2v) is 7.25. The van der Waals surface area contributed by atoms with E-state index < -0.39 is 0 Å². The van der Waals surface area contributed by atoms with E-state index in [0.29, 0.717) is 22.3 Å². The number of aliphatic hydroxyl groups excluding tert-OH is 2. The molecule has 0 aliphatic rings. The van der Waals surface area contributed by atoms with Crippen LogP contribution in [0.2, 0.25) is 0 Å². The number of ketones is 2. The fourth-order valence-electron chi connectivity index (χ4n) is 3.00. The summed E-state index contributed by atoms with van der Waals surface area (Å²) in [6.07, 6.45) is 2.48. The Morgan fingerprint density at radius 2 is 0.667 bits per heavy atom. The number of benzene rings is 4. The molecule has 179 valence electrons. The summed E-state index contributed by atoms with van der Waals surface area (Å²) in [4.78, 5) is 23.6. The summed E-state index contributed by atoms with van der Waals surface area (Å²) in [5.41, 5.74) is 2.40. The standard InChI is InChI=1S/2C15H12O2.O.V/c2*16-14(12-7-3-1-4-8-12)11-15(17)13-9-5-2-6-10-13;;/h2*1-11,16H;;/b2*14-11-;;. The molecule has 0 aromatic heterocycles. The van der Waals surface area contributed by atoms with Crippen molar-refractivity contribution in [2.45, 2.75) is 0 Å². The Morgan fingerprint density at radius 1 is 0.444 bits per heavy atom. The van der Waals surface area contributed by atoms with Gasteiger partial charge in [-0.15, -0.1) is 0 Å². The monoisotopic (exact) mass is 515 g/mol. The first-order valence-corrected chi connectivity index (χ1v) is 11.4. The van der Waals surface area contributed by atoms with Crippen LogP contribution in [-0.2, 0) is 21.0 Å². The van der Waals surface area contributed by atoms with Gasteiger partial charge in [-0.2, -0.15) is 0 Å². The normalized spacial score (nSPS) is 10.6. The zero-order chi connectivity index (χ0) is 26.2. The van der Waals surface area contributed by atoms with Crippen LogP contribution in [0, 0.1) is 0 Å². The summed E-state index contributed by atoms with van der Waals surface area (Å²) >= 11 is 1.06. The van der Waals surface area contributed by atoms with E-state index in [1.54, 1.807) is 72.8 Å². The van der Waals surface area contributed by atoms with Crippen LogP contribution in [-0.4, -0.2) is 21.8 Å². The van der Waals surface area contributed by atoms with Crippen molar-refractivity contribution in [2.24, 2.45) is 0 Å². The van der Waals surface area contributed by atoms with E-state index in [1.807, 2.05) is 48.5 Å². The van der Waals surface area contributed by atoms with Gasteiger partial charge in [-0.3, -0.25) is 9.59 Å². The maximum atomic E-state index is 11.8. The topological polar surface area (TPSA) is 91.7 Å². The van der Waals surface area contributed by atoms with Crippen molar-refractivity contribution >= 4 is 23.1 Å². The minimum absolute atomic E-state index is 0.0144.